The second-order valence-electron chi connectivity index (χ2n) is 5.97. The van der Waals surface area contributed by atoms with E-state index in [-0.39, 0.29) is 0 Å². The van der Waals surface area contributed by atoms with Gasteiger partial charge < -0.3 is 0 Å². The molecule has 0 amide bonds. The van der Waals surface area contributed by atoms with Crippen LogP contribution < -0.4 is 0 Å². The van der Waals surface area contributed by atoms with Gasteiger partial charge in [-0.15, -0.1) is 0 Å². The molecule has 0 radical (unpaired) electrons. The molecular formula is C13H18Br2. The van der Waals surface area contributed by atoms with Crippen molar-refractivity contribution in [2.75, 3.05) is 0 Å². The summed E-state index contributed by atoms with van der Waals surface area (Å²) >= 11 is 7.09. The third-order valence-corrected chi connectivity index (χ3v) is 5.29. The highest BCUT2D eigenvalue weighted by molar-refractivity contribution is 9.24. The van der Waals surface area contributed by atoms with Crippen LogP contribution in [0.25, 0.3) is 0 Å². The van der Waals surface area contributed by atoms with Crippen molar-refractivity contribution in [2.45, 2.75) is 42.3 Å². The molecule has 4 bridgehead atoms. The average Bonchev–Trinajstić information content (AvgIpc) is 2.12. The molecule has 0 unspecified atom stereocenters. The largest absolute Gasteiger partial charge is 0.0877 e. The topological polar surface area (TPSA) is 0 Å². The normalized spacial score (nSPS) is 48.3. The lowest BCUT2D eigenvalue weighted by atomic mass is 9.49. The first-order chi connectivity index (χ1) is 7.15. The Morgan fingerprint density at radius 3 is 1.80 bits per heavy atom. The van der Waals surface area contributed by atoms with E-state index in [1.54, 1.807) is 0 Å². The summed E-state index contributed by atoms with van der Waals surface area (Å²) in [6.45, 7) is 0. The summed E-state index contributed by atoms with van der Waals surface area (Å²) in [5.41, 5.74) is 0.592. The Morgan fingerprint density at radius 2 is 1.40 bits per heavy atom. The number of halogens is 2. The minimum Gasteiger partial charge on any atom is -0.0803 e. The van der Waals surface area contributed by atoms with Crippen LogP contribution in [0.2, 0.25) is 0 Å². The first-order valence-corrected chi connectivity index (χ1v) is 7.96. The Bertz CT molecular complexity index is 245. The van der Waals surface area contributed by atoms with Gasteiger partial charge in [0.25, 0.3) is 0 Å². The van der Waals surface area contributed by atoms with Crippen molar-refractivity contribution < 1.29 is 0 Å². The first-order valence-electron chi connectivity index (χ1n) is 6.13. The Balaban J connectivity index is 1.81. The van der Waals surface area contributed by atoms with Gasteiger partial charge in [0.1, 0.15) is 0 Å². The molecule has 0 saturated heterocycles. The molecule has 0 aromatic carbocycles. The summed E-state index contributed by atoms with van der Waals surface area (Å²) in [7, 11) is 0. The van der Waals surface area contributed by atoms with Gasteiger partial charge in [-0.25, -0.2) is 0 Å². The maximum Gasteiger partial charge on any atom is 0.0877 e. The molecule has 0 aliphatic heterocycles. The minimum atomic E-state index is 0.359. The third-order valence-electron chi connectivity index (χ3n) is 4.68. The predicted molar refractivity (Wildman–Crippen MR) is 71.4 cm³/mol. The highest BCUT2D eigenvalue weighted by Gasteiger charge is 2.49. The predicted octanol–water partition coefficient (Wildman–Crippen LogP) is 4.87. The van der Waals surface area contributed by atoms with Crippen LogP contribution in [0.3, 0.4) is 0 Å². The molecule has 4 rings (SSSR count). The van der Waals surface area contributed by atoms with Crippen molar-refractivity contribution in [3.05, 3.63) is 12.2 Å². The molecule has 0 aromatic rings. The SMILES string of the molecule is BrC(Br)/C=C/C12CC3CC(CC(C3)C1)C2. The Labute approximate surface area is 109 Å². The lowest BCUT2D eigenvalue weighted by Gasteiger charge is -2.56. The lowest BCUT2D eigenvalue weighted by Crippen LogP contribution is -2.45. The molecule has 0 aromatic heterocycles. The van der Waals surface area contributed by atoms with Gasteiger partial charge in [-0.2, -0.15) is 0 Å². The Morgan fingerprint density at radius 1 is 0.933 bits per heavy atom. The van der Waals surface area contributed by atoms with E-state index >= 15 is 0 Å². The van der Waals surface area contributed by atoms with Crippen LogP contribution in [0.1, 0.15) is 38.5 Å². The van der Waals surface area contributed by atoms with Crippen molar-refractivity contribution in [1.82, 2.24) is 0 Å². The van der Waals surface area contributed by atoms with Crippen molar-refractivity contribution >= 4 is 31.9 Å². The van der Waals surface area contributed by atoms with Crippen LogP contribution in [0.4, 0.5) is 0 Å². The fourth-order valence-electron chi connectivity index (χ4n) is 4.66. The van der Waals surface area contributed by atoms with E-state index in [9.17, 15) is 0 Å². The molecule has 0 atom stereocenters. The molecule has 4 aliphatic rings. The summed E-state index contributed by atoms with van der Waals surface area (Å²) < 4.78 is 0.359. The maximum atomic E-state index is 3.54. The molecule has 15 heavy (non-hydrogen) atoms. The summed E-state index contributed by atoms with van der Waals surface area (Å²) in [6.07, 6.45) is 13.9. The molecule has 2 heteroatoms. The molecule has 0 spiro atoms. The van der Waals surface area contributed by atoms with E-state index in [1.807, 2.05) is 0 Å². The standard InChI is InChI=1S/C13H18Br2/c14-12(15)1-2-13-6-9-3-10(7-13)5-11(4-9)8-13/h1-2,9-12H,3-8H2/b2-1+. The molecule has 4 saturated carbocycles. The molecule has 0 N–H and O–H groups in total. The summed E-state index contributed by atoms with van der Waals surface area (Å²) in [6, 6.07) is 0. The fraction of sp³-hybridized carbons (Fsp3) is 0.846. The quantitative estimate of drug-likeness (QED) is 0.499. The maximum absolute atomic E-state index is 3.54. The summed E-state index contributed by atoms with van der Waals surface area (Å²) in [5, 5.41) is 0. The van der Waals surface area contributed by atoms with Crippen molar-refractivity contribution in [1.29, 1.82) is 0 Å². The van der Waals surface area contributed by atoms with Crippen LogP contribution in [0.15, 0.2) is 12.2 Å². The van der Waals surface area contributed by atoms with Gasteiger partial charge in [-0.1, -0.05) is 44.0 Å². The van der Waals surface area contributed by atoms with Crippen LogP contribution in [0.5, 0.6) is 0 Å². The third kappa shape index (κ3) is 2.09. The van der Waals surface area contributed by atoms with Crippen LogP contribution >= 0.6 is 31.9 Å². The molecule has 84 valence electrons. The van der Waals surface area contributed by atoms with Crippen LogP contribution in [0, 0.1) is 23.2 Å². The van der Waals surface area contributed by atoms with E-state index < -0.39 is 0 Å². The monoisotopic (exact) mass is 332 g/mol. The zero-order valence-corrected chi connectivity index (χ0v) is 12.1. The van der Waals surface area contributed by atoms with Crippen molar-refractivity contribution in [3.63, 3.8) is 0 Å². The molecule has 4 fully saturated rings. The van der Waals surface area contributed by atoms with Gasteiger partial charge in [-0.3, -0.25) is 0 Å². The number of hydrogen-bond donors (Lipinski definition) is 0. The number of allylic oxidation sites excluding steroid dienone is 2. The number of hydrogen-bond acceptors (Lipinski definition) is 0. The number of rotatable bonds is 2. The van der Waals surface area contributed by atoms with E-state index in [0.717, 1.165) is 17.8 Å². The van der Waals surface area contributed by atoms with Gasteiger partial charge in [0.15, 0.2) is 0 Å². The van der Waals surface area contributed by atoms with Gasteiger partial charge in [0.2, 0.25) is 0 Å². The average molecular weight is 334 g/mol. The fourth-order valence-corrected chi connectivity index (χ4v) is 4.96. The minimum absolute atomic E-state index is 0.359. The highest BCUT2D eigenvalue weighted by Crippen LogP contribution is 2.60. The van der Waals surface area contributed by atoms with Gasteiger partial charge in [0, 0.05) is 0 Å². The summed E-state index contributed by atoms with van der Waals surface area (Å²) in [5.74, 6) is 3.18. The van der Waals surface area contributed by atoms with Crippen molar-refractivity contribution in [3.8, 4) is 0 Å². The van der Waals surface area contributed by atoms with Crippen LogP contribution in [-0.2, 0) is 0 Å². The van der Waals surface area contributed by atoms with E-state index in [2.05, 4.69) is 44.0 Å². The second kappa shape index (κ2) is 3.87. The van der Waals surface area contributed by atoms with Gasteiger partial charge >= 0.3 is 0 Å². The summed E-state index contributed by atoms with van der Waals surface area (Å²) in [4.78, 5) is 0. The Hall–Kier alpha value is 0.700. The molecule has 0 heterocycles. The highest BCUT2D eigenvalue weighted by atomic mass is 79.9. The lowest BCUT2D eigenvalue weighted by molar-refractivity contribution is -0.0237. The molecule has 4 aliphatic carbocycles. The zero-order valence-electron chi connectivity index (χ0n) is 8.96. The van der Waals surface area contributed by atoms with E-state index in [0.29, 0.717) is 9.15 Å². The smallest absolute Gasteiger partial charge is 0.0803 e. The van der Waals surface area contributed by atoms with Crippen molar-refractivity contribution in [2.24, 2.45) is 23.2 Å². The van der Waals surface area contributed by atoms with E-state index in [4.69, 9.17) is 0 Å². The van der Waals surface area contributed by atoms with Crippen LogP contribution in [-0.4, -0.2) is 3.74 Å². The first kappa shape index (κ1) is 10.8. The second-order valence-corrected chi connectivity index (χ2v) is 9.18. The van der Waals surface area contributed by atoms with E-state index in [1.165, 1.54) is 38.5 Å². The Kier molecular flexibility index (Phi) is 2.79. The van der Waals surface area contributed by atoms with Gasteiger partial charge in [-0.05, 0) is 61.7 Å². The zero-order chi connectivity index (χ0) is 10.5. The molecular weight excluding hydrogens is 316 g/mol. The number of alkyl halides is 2. The van der Waals surface area contributed by atoms with Gasteiger partial charge in [0.05, 0.1) is 3.74 Å². The molecule has 0 nitrogen and oxygen atoms in total.